The molecule has 3 atom stereocenters. The Labute approximate surface area is 139 Å². The minimum atomic E-state index is -3.69. The molecule has 1 N–H and O–H groups in total. The second kappa shape index (κ2) is 5.33. The first-order valence-corrected chi connectivity index (χ1v) is 9.56. The summed E-state index contributed by atoms with van der Waals surface area (Å²) in [5, 5.41) is 9.24. The number of nitrogens with zero attached hydrogens (tertiary/aromatic N) is 1. The van der Waals surface area contributed by atoms with Gasteiger partial charge in [0.1, 0.15) is 0 Å². The van der Waals surface area contributed by atoms with Crippen molar-refractivity contribution >= 4 is 47.9 Å². The molecule has 8 heteroatoms. The Bertz CT molecular complexity index is 706. The second-order valence-corrected chi connectivity index (χ2v) is 8.97. The minimum absolute atomic E-state index is 0.189. The largest absolute Gasteiger partial charge is 0.481 e. The van der Waals surface area contributed by atoms with Crippen LogP contribution in [0.4, 0.5) is 0 Å². The molecule has 2 bridgehead atoms. The van der Waals surface area contributed by atoms with Crippen molar-refractivity contribution in [3.8, 4) is 0 Å². The van der Waals surface area contributed by atoms with Crippen LogP contribution < -0.4 is 0 Å². The van der Waals surface area contributed by atoms with Gasteiger partial charge in [-0.05, 0) is 53.4 Å². The van der Waals surface area contributed by atoms with Gasteiger partial charge in [-0.1, -0.05) is 15.9 Å². The maximum atomic E-state index is 12.9. The summed E-state index contributed by atoms with van der Waals surface area (Å²) in [6.45, 7) is 0. The van der Waals surface area contributed by atoms with Crippen molar-refractivity contribution in [2.45, 2.75) is 36.2 Å². The van der Waals surface area contributed by atoms with Crippen LogP contribution in [0.3, 0.4) is 0 Å². The number of rotatable bonds is 3. The molecule has 0 spiro atoms. The molecule has 5 nitrogen and oxygen atoms in total. The first-order valence-electron chi connectivity index (χ1n) is 6.54. The van der Waals surface area contributed by atoms with E-state index in [1.807, 2.05) is 0 Å². The van der Waals surface area contributed by atoms with Gasteiger partial charge in [0.05, 0.1) is 10.8 Å². The zero-order valence-electron chi connectivity index (χ0n) is 10.9. The molecular weight excluding hydrogens is 426 g/mol. The van der Waals surface area contributed by atoms with Gasteiger partial charge in [0.25, 0.3) is 0 Å². The van der Waals surface area contributed by atoms with Gasteiger partial charge in [0.15, 0.2) is 0 Å². The van der Waals surface area contributed by atoms with E-state index < -0.39 is 28.0 Å². The van der Waals surface area contributed by atoms with Gasteiger partial charge in [-0.25, -0.2) is 8.42 Å². The van der Waals surface area contributed by atoms with Crippen molar-refractivity contribution in [1.29, 1.82) is 0 Å². The zero-order valence-corrected chi connectivity index (χ0v) is 14.9. The number of halogens is 2. The Kier molecular flexibility index (Phi) is 3.92. The molecule has 2 aliphatic rings. The standard InChI is InChI=1S/C13H13Br2NO4S/c14-7-1-4-12(10(15)5-7)21(19,20)16-8-2-3-11(16)9(6-8)13(17)18/h1,4-5,8-9,11H,2-3,6H2,(H,17,18). The average molecular weight is 439 g/mol. The summed E-state index contributed by atoms with van der Waals surface area (Å²) in [4.78, 5) is 11.5. The molecule has 0 amide bonds. The van der Waals surface area contributed by atoms with Crippen LogP contribution in [0, 0.1) is 5.92 Å². The summed E-state index contributed by atoms with van der Waals surface area (Å²) in [6.07, 6.45) is 1.77. The van der Waals surface area contributed by atoms with Crippen molar-refractivity contribution in [1.82, 2.24) is 4.31 Å². The van der Waals surface area contributed by atoms with Gasteiger partial charge >= 0.3 is 5.97 Å². The smallest absolute Gasteiger partial charge is 0.308 e. The predicted octanol–water partition coefficient (Wildman–Crippen LogP) is 2.84. The number of carboxylic acids is 1. The van der Waals surface area contributed by atoms with Crippen LogP contribution in [-0.4, -0.2) is 35.9 Å². The summed E-state index contributed by atoms with van der Waals surface area (Å²) in [5.41, 5.74) is 0. The van der Waals surface area contributed by atoms with Gasteiger partial charge < -0.3 is 5.11 Å². The molecular formula is C13H13Br2NO4S. The van der Waals surface area contributed by atoms with Crippen LogP contribution in [0.2, 0.25) is 0 Å². The number of carbonyl (C=O) groups is 1. The Morgan fingerprint density at radius 1 is 1.29 bits per heavy atom. The molecule has 0 aromatic heterocycles. The van der Waals surface area contributed by atoms with Crippen LogP contribution in [0.5, 0.6) is 0 Å². The van der Waals surface area contributed by atoms with Gasteiger partial charge in [-0.15, -0.1) is 0 Å². The Hall–Kier alpha value is -0.440. The third-order valence-corrected chi connectivity index (χ3v) is 7.69. The van der Waals surface area contributed by atoms with Crippen LogP contribution in [0.1, 0.15) is 19.3 Å². The summed E-state index contributed by atoms with van der Waals surface area (Å²) in [6, 6.07) is 4.27. The number of hydrogen-bond acceptors (Lipinski definition) is 3. The molecule has 21 heavy (non-hydrogen) atoms. The van der Waals surface area contributed by atoms with E-state index in [9.17, 15) is 18.3 Å². The maximum Gasteiger partial charge on any atom is 0.308 e. The number of carboxylic acid groups (broad SMARTS) is 1. The highest BCUT2D eigenvalue weighted by Gasteiger charge is 2.54. The number of aliphatic carboxylic acids is 1. The third kappa shape index (κ3) is 2.46. The fraction of sp³-hybridized carbons (Fsp3) is 0.462. The van der Waals surface area contributed by atoms with Crippen LogP contribution in [0.25, 0.3) is 0 Å². The van der Waals surface area contributed by atoms with E-state index in [1.54, 1.807) is 12.1 Å². The third-order valence-electron chi connectivity index (χ3n) is 4.24. The number of benzene rings is 1. The minimum Gasteiger partial charge on any atom is -0.481 e. The van der Waals surface area contributed by atoms with E-state index in [4.69, 9.17) is 0 Å². The SMILES string of the molecule is O=C(O)C1CC2CCC1N2S(=O)(=O)c1ccc(Br)cc1Br. The monoisotopic (exact) mass is 437 g/mol. The van der Waals surface area contributed by atoms with E-state index in [0.717, 1.165) is 10.9 Å². The van der Waals surface area contributed by atoms with E-state index in [1.165, 1.54) is 10.4 Å². The molecule has 0 radical (unpaired) electrons. The summed E-state index contributed by atoms with van der Waals surface area (Å²) >= 11 is 6.58. The van der Waals surface area contributed by atoms with Crippen molar-refractivity contribution in [2.24, 2.45) is 5.92 Å². The van der Waals surface area contributed by atoms with Crippen LogP contribution >= 0.6 is 31.9 Å². The topological polar surface area (TPSA) is 74.7 Å². The molecule has 2 heterocycles. The molecule has 2 saturated heterocycles. The first kappa shape index (κ1) is 15.5. The lowest BCUT2D eigenvalue weighted by atomic mass is 9.89. The fourth-order valence-electron chi connectivity index (χ4n) is 3.38. The number of fused-ring (bicyclic) bond motifs is 2. The highest BCUT2D eigenvalue weighted by atomic mass is 79.9. The van der Waals surface area contributed by atoms with Gasteiger partial charge in [0, 0.05) is 21.0 Å². The van der Waals surface area contributed by atoms with Crippen molar-refractivity contribution in [3.05, 3.63) is 27.1 Å². The lowest BCUT2D eigenvalue weighted by Crippen LogP contribution is -2.38. The number of sulfonamides is 1. The fourth-order valence-corrected chi connectivity index (χ4v) is 7.00. The lowest BCUT2D eigenvalue weighted by molar-refractivity contribution is -0.142. The summed E-state index contributed by atoms with van der Waals surface area (Å²) in [5.74, 6) is -1.50. The second-order valence-electron chi connectivity index (χ2n) is 5.39. The first-order chi connectivity index (χ1) is 9.82. The Morgan fingerprint density at radius 3 is 2.57 bits per heavy atom. The zero-order chi connectivity index (χ0) is 15.4. The number of hydrogen-bond donors (Lipinski definition) is 1. The molecule has 3 rings (SSSR count). The van der Waals surface area contributed by atoms with Crippen LogP contribution in [-0.2, 0) is 14.8 Å². The Balaban J connectivity index is 2.02. The average Bonchev–Trinajstić information content (AvgIpc) is 2.96. The molecule has 1 aromatic rings. The van der Waals surface area contributed by atoms with E-state index in [0.29, 0.717) is 17.3 Å². The highest BCUT2D eigenvalue weighted by Crippen LogP contribution is 2.45. The molecule has 2 aliphatic heterocycles. The van der Waals surface area contributed by atoms with E-state index in [2.05, 4.69) is 31.9 Å². The molecule has 0 aliphatic carbocycles. The quantitative estimate of drug-likeness (QED) is 0.787. The molecule has 0 saturated carbocycles. The van der Waals surface area contributed by atoms with Crippen molar-refractivity contribution in [3.63, 3.8) is 0 Å². The normalized spacial score (nSPS) is 29.0. The van der Waals surface area contributed by atoms with E-state index in [-0.39, 0.29) is 10.9 Å². The van der Waals surface area contributed by atoms with Crippen molar-refractivity contribution in [2.75, 3.05) is 0 Å². The van der Waals surface area contributed by atoms with Crippen LogP contribution in [0.15, 0.2) is 32.0 Å². The summed E-state index contributed by atoms with van der Waals surface area (Å²) < 4.78 is 28.4. The Morgan fingerprint density at radius 2 is 2.00 bits per heavy atom. The highest BCUT2D eigenvalue weighted by molar-refractivity contribution is 9.11. The van der Waals surface area contributed by atoms with E-state index >= 15 is 0 Å². The molecule has 1 aromatic carbocycles. The maximum absolute atomic E-state index is 12.9. The van der Waals surface area contributed by atoms with Gasteiger partial charge in [0.2, 0.25) is 10.0 Å². The van der Waals surface area contributed by atoms with Crippen molar-refractivity contribution < 1.29 is 18.3 Å². The predicted molar refractivity (Wildman–Crippen MR) is 83.4 cm³/mol. The van der Waals surface area contributed by atoms with Gasteiger partial charge in [-0.3, -0.25) is 4.79 Å². The molecule has 3 unspecified atom stereocenters. The summed E-state index contributed by atoms with van der Waals surface area (Å²) in [7, 11) is -3.69. The molecule has 114 valence electrons. The molecule has 2 fully saturated rings. The van der Waals surface area contributed by atoms with Gasteiger partial charge in [-0.2, -0.15) is 4.31 Å². The lowest BCUT2D eigenvalue weighted by Gasteiger charge is -2.23.